The Morgan fingerprint density at radius 1 is 0.974 bits per heavy atom. The largest absolute Gasteiger partial charge is 0.461 e. The number of thiazole rings is 1. The van der Waals surface area contributed by atoms with E-state index in [0.29, 0.717) is 41.1 Å². The predicted molar refractivity (Wildman–Crippen MR) is 152 cm³/mol. The van der Waals surface area contributed by atoms with Crippen molar-refractivity contribution in [1.29, 1.82) is 0 Å². The molecule has 0 unspecified atom stereocenters. The highest BCUT2D eigenvalue weighted by Crippen LogP contribution is 2.30. The minimum absolute atomic E-state index is 0.192. The lowest BCUT2D eigenvalue weighted by molar-refractivity contribution is 0.0934. The lowest BCUT2D eigenvalue weighted by Gasteiger charge is -2.20. The summed E-state index contributed by atoms with van der Waals surface area (Å²) < 4.78 is 19.1. The number of amides is 2. The summed E-state index contributed by atoms with van der Waals surface area (Å²) in [5, 5.41) is 7.64. The number of nitrogens with one attached hydrogen (secondary N) is 2. The van der Waals surface area contributed by atoms with Crippen LogP contribution in [0.4, 0.5) is 4.39 Å². The molecule has 0 aliphatic rings. The molecule has 0 spiro atoms. The zero-order chi connectivity index (χ0) is 27.4. The molecule has 2 aromatic heterocycles. The van der Waals surface area contributed by atoms with Crippen LogP contribution in [0.1, 0.15) is 43.6 Å². The minimum Gasteiger partial charge on any atom is -0.461 e. The maximum absolute atomic E-state index is 13.4. The monoisotopic (exact) mass is 541 g/mol. The number of aryl methyl sites for hydroxylation is 2. The average molecular weight is 542 g/mol. The molecular formula is C31H28FN3O3S. The van der Waals surface area contributed by atoms with Gasteiger partial charge in [0.05, 0.1) is 15.4 Å². The maximum Gasteiger partial charge on any atom is 0.271 e. The van der Waals surface area contributed by atoms with Crippen molar-refractivity contribution >= 4 is 34.1 Å². The van der Waals surface area contributed by atoms with Gasteiger partial charge in [0.2, 0.25) is 0 Å². The van der Waals surface area contributed by atoms with Crippen LogP contribution in [0, 0.1) is 19.7 Å². The van der Waals surface area contributed by atoms with Gasteiger partial charge >= 0.3 is 0 Å². The molecule has 0 fully saturated rings. The van der Waals surface area contributed by atoms with Gasteiger partial charge < -0.3 is 15.1 Å². The fourth-order valence-corrected chi connectivity index (χ4v) is 5.52. The van der Waals surface area contributed by atoms with Crippen LogP contribution < -0.4 is 10.6 Å². The lowest BCUT2D eigenvalue weighted by atomic mass is 10.0. The van der Waals surface area contributed by atoms with E-state index in [9.17, 15) is 14.0 Å². The van der Waals surface area contributed by atoms with Gasteiger partial charge in [-0.15, -0.1) is 11.3 Å². The highest BCUT2D eigenvalue weighted by Gasteiger charge is 2.21. The predicted octanol–water partition coefficient (Wildman–Crippen LogP) is 6.47. The number of hydrogen-bond donors (Lipinski definition) is 2. The van der Waals surface area contributed by atoms with Crippen LogP contribution in [-0.4, -0.2) is 29.4 Å². The molecule has 5 rings (SSSR count). The van der Waals surface area contributed by atoms with Crippen LogP contribution >= 0.6 is 11.3 Å². The van der Waals surface area contributed by atoms with Crippen LogP contribution in [0.15, 0.2) is 83.3 Å². The average Bonchev–Trinajstić information content (AvgIpc) is 3.51. The summed E-state index contributed by atoms with van der Waals surface area (Å²) in [5.74, 6) is -0.0906. The van der Waals surface area contributed by atoms with Gasteiger partial charge in [0.15, 0.2) is 0 Å². The molecule has 2 heterocycles. The van der Waals surface area contributed by atoms with E-state index < -0.39 is 0 Å². The second-order valence-corrected chi connectivity index (χ2v) is 10.6. The molecule has 0 radical (unpaired) electrons. The quantitative estimate of drug-likeness (QED) is 0.224. The van der Waals surface area contributed by atoms with Gasteiger partial charge in [-0.25, -0.2) is 9.37 Å². The summed E-state index contributed by atoms with van der Waals surface area (Å²) in [6.45, 7) is 4.03. The number of carbonyl (C=O) groups excluding carboxylic acids is 2. The van der Waals surface area contributed by atoms with Crippen molar-refractivity contribution in [3.63, 3.8) is 0 Å². The van der Waals surface area contributed by atoms with E-state index >= 15 is 0 Å². The van der Waals surface area contributed by atoms with E-state index in [1.807, 2.05) is 56.3 Å². The fraction of sp³-hybridized carbons (Fsp3) is 0.194. The molecule has 5 aromatic rings. The number of benzene rings is 3. The van der Waals surface area contributed by atoms with Crippen LogP contribution in [-0.2, 0) is 6.42 Å². The first kappa shape index (κ1) is 26.3. The number of rotatable bonds is 9. The number of furan rings is 1. The van der Waals surface area contributed by atoms with Crippen molar-refractivity contribution in [1.82, 2.24) is 15.6 Å². The summed E-state index contributed by atoms with van der Waals surface area (Å²) in [4.78, 5) is 31.6. The van der Waals surface area contributed by atoms with Crippen LogP contribution in [0.2, 0.25) is 0 Å². The molecule has 0 saturated carbocycles. The van der Waals surface area contributed by atoms with E-state index in [1.165, 1.54) is 23.5 Å². The number of nitrogens with zero attached hydrogens (tertiary/aromatic N) is 1. The topological polar surface area (TPSA) is 84.2 Å². The molecule has 0 aliphatic carbocycles. The third-order valence-electron chi connectivity index (χ3n) is 6.42. The van der Waals surface area contributed by atoms with E-state index in [4.69, 9.17) is 4.42 Å². The van der Waals surface area contributed by atoms with Gasteiger partial charge in [-0.3, -0.25) is 9.59 Å². The van der Waals surface area contributed by atoms with Crippen molar-refractivity contribution in [2.75, 3.05) is 6.54 Å². The molecule has 39 heavy (non-hydrogen) atoms. The van der Waals surface area contributed by atoms with E-state index in [-0.39, 0.29) is 23.7 Å². The third kappa shape index (κ3) is 6.23. The molecule has 6 nitrogen and oxygen atoms in total. The first-order valence-electron chi connectivity index (χ1n) is 12.7. The molecule has 1 atom stereocenters. The molecular weight excluding hydrogens is 513 g/mol. The summed E-state index contributed by atoms with van der Waals surface area (Å²) >= 11 is 1.39. The Kier molecular flexibility index (Phi) is 7.84. The van der Waals surface area contributed by atoms with Crippen LogP contribution in [0.3, 0.4) is 0 Å². The number of hydrogen-bond acceptors (Lipinski definition) is 5. The summed E-state index contributed by atoms with van der Waals surface area (Å²) in [7, 11) is 0. The lowest BCUT2D eigenvalue weighted by Crippen LogP contribution is -2.39. The molecule has 0 bridgehead atoms. The molecule has 3 aromatic carbocycles. The van der Waals surface area contributed by atoms with Crippen molar-refractivity contribution < 1.29 is 18.4 Å². The second-order valence-electron chi connectivity index (χ2n) is 9.40. The molecule has 8 heteroatoms. The van der Waals surface area contributed by atoms with E-state index in [1.54, 1.807) is 24.3 Å². The van der Waals surface area contributed by atoms with Gasteiger partial charge in [-0.05, 0) is 68.1 Å². The number of aromatic nitrogens is 1. The SMILES string of the molecule is Cc1cc2c(C(=O)N[C@H](CCNC(=O)c3nc(C)sc3-c3ccc(F)cc3)Cc3ccccc3)cccc2o1. The fourth-order valence-electron chi connectivity index (χ4n) is 4.59. The van der Waals surface area contributed by atoms with Crippen molar-refractivity contribution in [2.45, 2.75) is 32.7 Å². The Labute approximate surface area is 229 Å². The Morgan fingerprint density at radius 3 is 2.51 bits per heavy atom. The first-order valence-corrected chi connectivity index (χ1v) is 13.5. The van der Waals surface area contributed by atoms with Gasteiger partial charge in [0.25, 0.3) is 11.8 Å². The standard InChI is InChI=1S/C31H28FN3O3S/c1-19-17-26-25(9-6-10-27(26)38-19)30(36)35-24(18-21-7-4-3-5-8-21)15-16-33-31(37)28-29(39-20(2)34-28)22-11-13-23(32)14-12-22/h3-14,17,24H,15-16,18H2,1-2H3,(H,33,37)(H,35,36)/t24-/m1/s1. The second kappa shape index (κ2) is 11.6. The zero-order valence-corrected chi connectivity index (χ0v) is 22.5. The highest BCUT2D eigenvalue weighted by molar-refractivity contribution is 7.15. The number of halogens is 1. The first-order chi connectivity index (χ1) is 18.9. The molecule has 198 valence electrons. The Hall–Kier alpha value is -4.30. The molecule has 2 amide bonds. The molecule has 0 saturated heterocycles. The maximum atomic E-state index is 13.4. The van der Waals surface area contributed by atoms with Crippen molar-refractivity contribution in [3.05, 3.63) is 112 Å². The smallest absolute Gasteiger partial charge is 0.271 e. The molecule has 0 aliphatic heterocycles. The van der Waals surface area contributed by atoms with Gasteiger partial charge in [0, 0.05) is 18.0 Å². The van der Waals surface area contributed by atoms with E-state index in [0.717, 1.165) is 27.3 Å². The van der Waals surface area contributed by atoms with Gasteiger partial charge in [0.1, 0.15) is 22.9 Å². The van der Waals surface area contributed by atoms with Gasteiger partial charge in [-0.2, -0.15) is 0 Å². The Balaban J connectivity index is 1.30. The molecule has 2 N–H and O–H groups in total. The van der Waals surface area contributed by atoms with Crippen molar-refractivity contribution in [2.24, 2.45) is 0 Å². The Bertz CT molecular complexity index is 1610. The van der Waals surface area contributed by atoms with E-state index in [2.05, 4.69) is 15.6 Å². The Morgan fingerprint density at radius 2 is 1.74 bits per heavy atom. The summed E-state index contributed by atoms with van der Waals surface area (Å²) in [6.07, 6.45) is 1.13. The van der Waals surface area contributed by atoms with Crippen LogP contribution in [0.5, 0.6) is 0 Å². The summed E-state index contributed by atoms with van der Waals surface area (Å²) in [6, 6.07) is 23.0. The summed E-state index contributed by atoms with van der Waals surface area (Å²) in [5.41, 5.74) is 3.36. The normalized spacial score (nSPS) is 11.9. The number of fused-ring (bicyclic) bond motifs is 1. The van der Waals surface area contributed by atoms with Crippen molar-refractivity contribution in [3.8, 4) is 10.4 Å². The van der Waals surface area contributed by atoms with Gasteiger partial charge in [-0.1, -0.05) is 48.5 Å². The highest BCUT2D eigenvalue weighted by atomic mass is 32.1. The minimum atomic E-state index is -0.336. The zero-order valence-electron chi connectivity index (χ0n) is 21.7. The number of carbonyl (C=O) groups is 2. The van der Waals surface area contributed by atoms with Crippen LogP contribution in [0.25, 0.3) is 21.4 Å². The third-order valence-corrected chi connectivity index (χ3v) is 7.44.